The predicted molar refractivity (Wildman–Crippen MR) is 151 cm³/mol. The minimum Gasteiger partial charge on any atom is -0.377 e. The Hall–Kier alpha value is -2.81. The number of rotatable bonds is 4. The molecule has 0 amide bonds. The van der Waals surface area contributed by atoms with E-state index in [1.165, 1.54) is 16.5 Å². The van der Waals surface area contributed by atoms with Crippen molar-refractivity contribution >= 4 is 28.7 Å². The Morgan fingerprint density at radius 1 is 0.658 bits per heavy atom. The van der Waals surface area contributed by atoms with Gasteiger partial charge in [0, 0.05) is 30.9 Å². The first-order valence-corrected chi connectivity index (χ1v) is 13.7. The van der Waals surface area contributed by atoms with Crippen molar-refractivity contribution in [1.29, 1.82) is 0 Å². The Morgan fingerprint density at radius 3 is 1.79 bits per heavy atom. The normalized spacial score (nSPS) is 17.9. The van der Waals surface area contributed by atoms with Crippen molar-refractivity contribution in [2.24, 2.45) is 0 Å². The number of fused-ring (bicyclic) bond motifs is 1. The van der Waals surface area contributed by atoms with Gasteiger partial charge in [0.15, 0.2) is 6.20 Å². The summed E-state index contributed by atoms with van der Waals surface area (Å²) in [6.45, 7) is 10.5. The summed E-state index contributed by atoms with van der Waals surface area (Å²) in [5.74, 6) is 0. The molecular weight excluding hydrogens is 480 g/mol. The van der Waals surface area contributed by atoms with E-state index in [0.29, 0.717) is 66.1 Å². The number of hydrogen-bond acceptors (Lipinski definition) is 6. The highest BCUT2D eigenvalue weighted by Gasteiger charge is 2.10. The molecule has 0 radical (unpaired) electrons. The molecule has 3 aromatic rings. The van der Waals surface area contributed by atoms with Crippen molar-refractivity contribution in [3.63, 3.8) is 0 Å². The van der Waals surface area contributed by atoms with Gasteiger partial charge in [-0.15, -0.1) is 0 Å². The predicted octanol–water partition coefficient (Wildman–Crippen LogP) is 4.22. The number of aromatic nitrogens is 1. The van der Waals surface area contributed by atoms with Crippen LogP contribution in [0.1, 0.15) is 18.1 Å². The van der Waals surface area contributed by atoms with E-state index >= 15 is 0 Å². The first-order chi connectivity index (χ1) is 18.8. The van der Waals surface area contributed by atoms with E-state index < -0.39 is 0 Å². The maximum Gasteiger partial charge on any atom is 0.213 e. The first-order valence-electron chi connectivity index (χ1n) is 13.7. The number of aryl methyl sites for hydroxylation is 1. The van der Waals surface area contributed by atoms with Crippen molar-refractivity contribution in [2.75, 3.05) is 84.1 Å². The third-order valence-electron chi connectivity index (χ3n) is 6.51. The maximum atomic E-state index is 5.81. The third-order valence-corrected chi connectivity index (χ3v) is 6.51. The van der Waals surface area contributed by atoms with Crippen molar-refractivity contribution in [2.45, 2.75) is 13.5 Å². The SMILES string of the molecule is CC[n+]1ccc(/C=C/c2ccc(N3CCOCCOCCOCCOCCOCC3)cc2)c2ccccc21. The zero-order chi connectivity index (χ0) is 26.3. The molecule has 0 atom stereocenters. The van der Waals surface area contributed by atoms with Crippen LogP contribution in [0.15, 0.2) is 60.8 Å². The number of pyridine rings is 1. The van der Waals surface area contributed by atoms with E-state index in [0.717, 1.165) is 30.9 Å². The van der Waals surface area contributed by atoms with Gasteiger partial charge in [-0.2, -0.15) is 4.57 Å². The van der Waals surface area contributed by atoms with Gasteiger partial charge < -0.3 is 28.6 Å². The molecule has 0 saturated carbocycles. The molecule has 1 saturated heterocycles. The van der Waals surface area contributed by atoms with Crippen molar-refractivity contribution in [3.8, 4) is 0 Å². The van der Waals surface area contributed by atoms with Gasteiger partial charge in [0.25, 0.3) is 0 Å². The lowest BCUT2D eigenvalue weighted by Crippen LogP contribution is -2.32. The lowest BCUT2D eigenvalue weighted by molar-refractivity contribution is -0.667. The molecule has 2 aromatic carbocycles. The fraction of sp³-hybridized carbons (Fsp3) is 0.452. The Kier molecular flexibility index (Phi) is 12.0. The largest absolute Gasteiger partial charge is 0.377 e. The molecule has 204 valence electrons. The molecular formula is C31H41N2O5+. The van der Waals surface area contributed by atoms with Gasteiger partial charge >= 0.3 is 0 Å². The quantitative estimate of drug-likeness (QED) is 0.480. The third kappa shape index (κ3) is 8.89. The fourth-order valence-corrected chi connectivity index (χ4v) is 4.41. The molecule has 0 aliphatic carbocycles. The molecule has 1 fully saturated rings. The molecule has 1 aliphatic heterocycles. The van der Waals surface area contributed by atoms with Crippen molar-refractivity contribution in [3.05, 3.63) is 71.9 Å². The molecule has 0 N–H and O–H groups in total. The summed E-state index contributed by atoms with van der Waals surface area (Å²) in [6, 6.07) is 19.4. The molecule has 2 heterocycles. The van der Waals surface area contributed by atoms with Gasteiger partial charge in [-0.05, 0) is 36.2 Å². The molecule has 0 unspecified atom stereocenters. The van der Waals surface area contributed by atoms with E-state index in [1.807, 2.05) is 0 Å². The van der Waals surface area contributed by atoms with Crippen LogP contribution >= 0.6 is 0 Å². The highest BCUT2D eigenvalue weighted by Crippen LogP contribution is 2.20. The molecule has 1 aliphatic rings. The van der Waals surface area contributed by atoms with Crippen LogP contribution in [-0.2, 0) is 30.2 Å². The topological polar surface area (TPSA) is 53.3 Å². The van der Waals surface area contributed by atoms with E-state index in [1.54, 1.807) is 0 Å². The van der Waals surface area contributed by atoms with Crippen molar-refractivity contribution < 1.29 is 28.3 Å². The lowest BCUT2D eigenvalue weighted by Gasteiger charge is -2.25. The standard InChI is InChI=1S/C31H41N2O5/c1-2-32-14-13-28(30-5-3-4-6-31(30)32)10-7-27-8-11-29(12-9-27)33-15-17-34-19-21-36-23-25-38-26-24-37-22-20-35-18-16-33/h3-14H,2,15-26H2,1H3/q+1. The smallest absolute Gasteiger partial charge is 0.213 e. The summed E-state index contributed by atoms with van der Waals surface area (Å²) >= 11 is 0. The maximum absolute atomic E-state index is 5.81. The van der Waals surface area contributed by atoms with E-state index in [4.69, 9.17) is 23.7 Å². The van der Waals surface area contributed by atoms with Gasteiger partial charge in [0.1, 0.15) is 6.54 Å². The minimum absolute atomic E-state index is 0.568. The number of ether oxygens (including phenoxy) is 5. The molecule has 38 heavy (non-hydrogen) atoms. The number of nitrogens with zero attached hydrogens (tertiary/aromatic N) is 2. The van der Waals surface area contributed by atoms with Crippen LogP contribution in [0.2, 0.25) is 0 Å². The monoisotopic (exact) mass is 521 g/mol. The van der Waals surface area contributed by atoms with Crippen LogP contribution in [0, 0.1) is 0 Å². The van der Waals surface area contributed by atoms with Crippen LogP contribution in [-0.4, -0.2) is 79.2 Å². The summed E-state index contributed by atoms with van der Waals surface area (Å²) in [5.41, 5.74) is 4.79. The Balaban J connectivity index is 1.37. The summed E-state index contributed by atoms with van der Waals surface area (Å²) in [6.07, 6.45) is 6.54. The van der Waals surface area contributed by atoms with Crippen LogP contribution in [0.4, 0.5) is 5.69 Å². The highest BCUT2D eigenvalue weighted by molar-refractivity contribution is 5.88. The molecule has 7 nitrogen and oxygen atoms in total. The molecule has 4 rings (SSSR count). The summed E-state index contributed by atoms with van der Waals surface area (Å²) < 4.78 is 30.5. The van der Waals surface area contributed by atoms with E-state index in [-0.39, 0.29) is 0 Å². The second kappa shape index (κ2) is 16.2. The Morgan fingerprint density at radius 2 is 1.21 bits per heavy atom. The number of para-hydroxylation sites is 1. The zero-order valence-corrected chi connectivity index (χ0v) is 22.6. The Labute approximate surface area is 226 Å². The minimum atomic E-state index is 0.568. The lowest BCUT2D eigenvalue weighted by atomic mass is 10.1. The number of hydrogen-bond donors (Lipinski definition) is 0. The first kappa shape index (κ1) is 28.2. The summed E-state index contributed by atoms with van der Waals surface area (Å²) in [5, 5.41) is 1.26. The van der Waals surface area contributed by atoms with Gasteiger partial charge in [-0.1, -0.05) is 36.4 Å². The fourth-order valence-electron chi connectivity index (χ4n) is 4.41. The highest BCUT2D eigenvalue weighted by atomic mass is 16.6. The van der Waals surface area contributed by atoms with Crippen LogP contribution < -0.4 is 9.47 Å². The number of benzene rings is 2. The molecule has 0 spiro atoms. The average molecular weight is 522 g/mol. The van der Waals surface area contributed by atoms with Crippen LogP contribution in [0.5, 0.6) is 0 Å². The van der Waals surface area contributed by atoms with E-state index in [2.05, 4.69) is 89.3 Å². The zero-order valence-electron chi connectivity index (χ0n) is 22.6. The van der Waals surface area contributed by atoms with E-state index in [9.17, 15) is 0 Å². The Bertz CT molecular complexity index is 1100. The second-order valence-corrected chi connectivity index (χ2v) is 9.05. The summed E-state index contributed by atoms with van der Waals surface area (Å²) in [4.78, 5) is 2.31. The van der Waals surface area contributed by atoms with Crippen LogP contribution in [0.25, 0.3) is 23.1 Å². The van der Waals surface area contributed by atoms with Crippen LogP contribution in [0.3, 0.4) is 0 Å². The average Bonchev–Trinajstić information content (AvgIpc) is 2.96. The van der Waals surface area contributed by atoms with Gasteiger partial charge in [-0.25, -0.2) is 0 Å². The van der Waals surface area contributed by atoms with Gasteiger partial charge in [0.2, 0.25) is 5.52 Å². The van der Waals surface area contributed by atoms with Gasteiger partial charge in [-0.3, -0.25) is 0 Å². The number of anilines is 1. The molecule has 7 heteroatoms. The van der Waals surface area contributed by atoms with Gasteiger partial charge in [0.05, 0.1) is 71.5 Å². The second-order valence-electron chi connectivity index (χ2n) is 9.05. The molecule has 0 bridgehead atoms. The molecule has 1 aromatic heterocycles. The van der Waals surface area contributed by atoms with Crippen molar-refractivity contribution in [1.82, 2.24) is 0 Å². The summed E-state index contributed by atoms with van der Waals surface area (Å²) in [7, 11) is 0.